The number of nitro groups is 1. The highest BCUT2D eigenvalue weighted by Crippen LogP contribution is 2.25. The predicted molar refractivity (Wildman–Crippen MR) is 107 cm³/mol. The van der Waals surface area contributed by atoms with Crippen LogP contribution in [0.3, 0.4) is 0 Å². The Morgan fingerprint density at radius 2 is 2.03 bits per heavy atom. The Morgan fingerprint density at radius 3 is 2.83 bits per heavy atom. The van der Waals surface area contributed by atoms with E-state index >= 15 is 0 Å². The van der Waals surface area contributed by atoms with Crippen LogP contribution < -0.4 is 0 Å². The lowest BCUT2D eigenvalue weighted by atomic mass is 10.1. The minimum Gasteiger partial charge on any atom is -0.455 e. The topological polar surface area (TPSA) is 102 Å². The van der Waals surface area contributed by atoms with Gasteiger partial charge in [0.05, 0.1) is 16.7 Å². The van der Waals surface area contributed by atoms with E-state index in [-0.39, 0.29) is 21.8 Å². The standard InChI is InChI=1S/C19H12FN5O3S/c20-16-7-2-1-6-15(16)18-22-23-19(29)24(18)21-11-14-8-9-17(28-14)12-4-3-5-13(10-12)25(26)27/h1-11H,(H,23,29)/b21-11-. The third-order valence-electron chi connectivity index (χ3n) is 4.03. The highest BCUT2D eigenvalue weighted by Gasteiger charge is 2.13. The number of H-pyrrole nitrogens is 1. The highest BCUT2D eigenvalue weighted by atomic mass is 32.1. The van der Waals surface area contributed by atoms with Crippen LogP contribution in [0.1, 0.15) is 5.76 Å². The van der Waals surface area contributed by atoms with Crippen molar-refractivity contribution in [1.82, 2.24) is 14.9 Å². The van der Waals surface area contributed by atoms with E-state index in [4.69, 9.17) is 16.6 Å². The fourth-order valence-electron chi connectivity index (χ4n) is 2.68. The number of aromatic nitrogens is 3. The summed E-state index contributed by atoms with van der Waals surface area (Å²) >= 11 is 5.17. The summed E-state index contributed by atoms with van der Waals surface area (Å²) in [6.07, 6.45) is 1.40. The number of furan rings is 1. The van der Waals surface area contributed by atoms with Gasteiger partial charge in [-0.1, -0.05) is 24.3 Å². The second-order valence-corrected chi connectivity index (χ2v) is 6.28. The molecule has 0 aliphatic carbocycles. The van der Waals surface area contributed by atoms with Crippen LogP contribution in [0.25, 0.3) is 22.7 Å². The summed E-state index contributed by atoms with van der Waals surface area (Å²) in [7, 11) is 0. The van der Waals surface area contributed by atoms with Gasteiger partial charge in [0.25, 0.3) is 5.69 Å². The first-order chi connectivity index (χ1) is 14.0. The zero-order valence-electron chi connectivity index (χ0n) is 14.7. The maximum atomic E-state index is 14.1. The smallest absolute Gasteiger partial charge is 0.270 e. The van der Waals surface area contributed by atoms with Crippen molar-refractivity contribution in [3.05, 3.63) is 87.1 Å². The zero-order valence-corrected chi connectivity index (χ0v) is 15.5. The van der Waals surface area contributed by atoms with Crippen molar-refractivity contribution in [3.63, 3.8) is 0 Å². The average Bonchev–Trinajstić information content (AvgIpc) is 3.34. The van der Waals surface area contributed by atoms with Crippen LogP contribution in [0.4, 0.5) is 10.1 Å². The second-order valence-electron chi connectivity index (χ2n) is 5.90. The predicted octanol–water partition coefficient (Wildman–Crippen LogP) is 4.80. The molecule has 2 heterocycles. The SMILES string of the molecule is O=[N+]([O-])c1cccc(-c2ccc(/C=N\n3c(-c4ccccc4F)n[nH]c3=S)o2)c1. The van der Waals surface area contributed by atoms with Gasteiger partial charge in [-0.05, 0) is 36.5 Å². The first-order valence-corrected chi connectivity index (χ1v) is 8.75. The van der Waals surface area contributed by atoms with E-state index in [0.29, 0.717) is 17.1 Å². The average molecular weight is 409 g/mol. The van der Waals surface area contributed by atoms with E-state index in [1.807, 2.05) is 0 Å². The number of benzene rings is 2. The van der Waals surface area contributed by atoms with Gasteiger partial charge in [-0.15, -0.1) is 0 Å². The molecule has 144 valence electrons. The Labute approximate surface area is 168 Å². The second kappa shape index (κ2) is 7.60. The number of aromatic amines is 1. The molecule has 0 spiro atoms. The van der Waals surface area contributed by atoms with Crippen molar-refractivity contribution in [2.45, 2.75) is 0 Å². The van der Waals surface area contributed by atoms with Gasteiger partial charge in [-0.2, -0.15) is 14.9 Å². The summed E-state index contributed by atoms with van der Waals surface area (Å²) in [5, 5.41) is 21.8. The van der Waals surface area contributed by atoms with E-state index in [0.717, 1.165) is 0 Å². The molecule has 0 bridgehead atoms. The first-order valence-electron chi connectivity index (χ1n) is 8.34. The molecule has 4 aromatic rings. The Hall–Kier alpha value is -3.92. The summed E-state index contributed by atoms with van der Waals surface area (Å²) in [5.41, 5.74) is 0.771. The van der Waals surface area contributed by atoms with E-state index in [2.05, 4.69) is 15.3 Å². The van der Waals surface area contributed by atoms with E-state index < -0.39 is 10.7 Å². The van der Waals surface area contributed by atoms with Crippen molar-refractivity contribution < 1.29 is 13.7 Å². The van der Waals surface area contributed by atoms with E-state index in [9.17, 15) is 14.5 Å². The molecular weight excluding hydrogens is 397 g/mol. The van der Waals surface area contributed by atoms with Crippen molar-refractivity contribution in [2.24, 2.45) is 5.10 Å². The summed E-state index contributed by atoms with van der Waals surface area (Å²) in [6.45, 7) is 0. The highest BCUT2D eigenvalue weighted by molar-refractivity contribution is 7.71. The van der Waals surface area contributed by atoms with Gasteiger partial charge in [-0.25, -0.2) is 9.49 Å². The van der Waals surface area contributed by atoms with Crippen molar-refractivity contribution in [1.29, 1.82) is 0 Å². The van der Waals surface area contributed by atoms with Gasteiger partial charge in [-0.3, -0.25) is 10.1 Å². The number of nitro benzene ring substituents is 1. The fraction of sp³-hybridized carbons (Fsp3) is 0. The Kier molecular flexibility index (Phi) is 4.83. The normalized spacial score (nSPS) is 11.2. The lowest BCUT2D eigenvalue weighted by molar-refractivity contribution is -0.384. The van der Waals surface area contributed by atoms with Crippen LogP contribution >= 0.6 is 12.2 Å². The quantitative estimate of drug-likeness (QED) is 0.221. The monoisotopic (exact) mass is 409 g/mol. The lowest BCUT2D eigenvalue weighted by Gasteiger charge is -2.01. The molecule has 0 aliphatic heterocycles. The molecule has 8 nitrogen and oxygen atoms in total. The first kappa shape index (κ1) is 18.4. The molecule has 29 heavy (non-hydrogen) atoms. The third kappa shape index (κ3) is 3.73. The number of non-ortho nitro benzene ring substituents is 1. The number of nitrogens with one attached hydrogen (secondary N) is 1. The van der Waals surface area contributed by atoms with Gasteiger partial charge in [0.15, 0.2) is 5.82 Å². The molecular formula is C19H12FN5O3S. The third-order valence-corrected chi connectivity index (χ3v) is 4.30. The molecule has 0 unspecified atom stereocenters. The van der Waals surface area contributed by atoms with Crippen molar-refractivity contribution in [3.8, 4) is 22.7 Å². The number of nitrogens with zero attached hydrogens (tertiary/aromatic N) is 4. The molecule has 0 radical (unpaired) electrons. The molecule has 0 saturated carbocycles. The summed E-state index contributed by atoms with van der Waals surface area (Å²) in [5.74, 6) is 0.591. The van der Waals surface area contributed by atoms with Crippen LogP contribution in [-0.4, -0.2) is 26.0 Å². The molecule has 2 aromatic carbocycles. The van der Waals surface area contributed by atoms with Crippen molar-refractivity contribution in [2.75, 3.05) is 0 Å². The molecule has 0 amide bonds. The van der Waals surface area contributed by atoms with E-state index in [1.54, 1.807) is 42.5 Å². The molecule has 10 heteroatoms. The fourth-order valence-corrected chi connectivity index (χ4v) is 2.86. The Morgan fingerprint density at radius 1 is 1.21 bits per heavy atom. The Bertz CT molecular complexity index is 1290. The van der Waals surface area contributed by atoms with Gasteiger partial charge in [0, 0.05) is 17.7 Å². The molecule has 0 saturated heterocycles. The van der Waals surface area contributed by atoms with Crippen LogP contribution in [-0.2, 0) is 0 Å². The molecule has 2 aromatic heterocycles. The summed E-state index contributed by atoms with van der Waals surface area (Å²) in [6, 6.07) is 15.6. The van der Waals surface area contributed by atoms with Gasteiger partial charge in [0.2, 0.25) is 4.77 Å². The van der Waals surface area contributed by atoms with Gasteiger partial charge >= 0.3 is 0 Å². The largest absolute Gasteiger partial charge is 0.455 e. The van der Waals surface area contributed by atoms with Crippen LogP contribution in [0.15, 0.2) is 70.2 Å². The Balaban J connectivity index is 1.65. The lowest BCUT2D eigenvalue weighted by Crippen LogP contribution is -1.96. The molecule has 0 atom stereocenters. The summed E-state index contributed by atoms with van der Waals surface area (Å²) < 4.78 is 21.2. The number of hydrogen-bond donors (Lipinski definition) is 1. The summed E-state index contributed by atoms with van der Waals surface area (Å²) in [4.78, 5) is 10.5. The molecule has 0 aliphatic rings. The zero-order chi connectivity index (χ0) is 20.4. The minimum absolute atomic E-state index is 0.0339. The van der Waals surface area contributed by atoms with E-state index in [1.165, 1.54) is 29.1 Å². The van der Waals surface area contributed by atoms with Gasteiger partial charge in [0.1, 0.15) is 17.3 Å². The van der Waals surface area contributed by atoms with Crippen LogP contribution in [0.2, 0.25) is 0 Å². The number of halogens is 1. The van der Waals surface area contributed by atoms with Crippen molar-refractivity contribution >= 4 is 24.1 Å². The maximum absolute atomic E-state index is 14.1. The molecule has 4 rings (SSSR count). The molecule has 1 N–H and O–H groups in total. The van der Waals surface area contributed by atoms with Crippen LogP contribution in [0, 0.1) is 20.7 Å². The minimum atomic E-state index is -0.473. The maximum Gasteiger partial charge on any atom is 0.270 e. The van der Waals surface area contributed by atoms with Crippen LogP contribution in [0.5, 0.6) is 0 Å². The molecule has 0 fully saturated rings. The number of hydrogen-bond acceptors (Lipinski definition) is 6. The van der Waals surface area contributed by atoms with Gasteiger partial charge < -0.3 is 4.42 Å². The number of rotatable bonds is 5.